The van der Waals surface area contributed by atoms with Crippen LogP contribution in [0.5, 0.6) is 0 Å². The summed E-state index contributed by atoms with van der Waals surface area (Å²) in [7, 11) is -2.92. The van der Waals surface area contributed by atoms with Gasteiger partial charge in [0.1, 0.15) is 0 Å². The Labute approximate surface area is 123 Å². The van der Waals surface area contributed by atoms with E-state index in [9.17, 15) is 4.79 Å². The lowest BCUT2D eigenvalue weighted by Gasteiger charge is -2.32. The highest BCUT2D eigenvalue weighted by Gasteiger charge is 2.82. The third kappa shape index (κ3) is 2.59. The Hall–Kier alpha value is -1.00. The van der Waals surface area contributed by atoms with Crippen molar-refractivity contribution in [3.05, 3.63) is 0 Å². The van der Waals surface area contributed by atoms with E-state index in [1.807, 2.05) is 6.34 Å². The molecule has 21 heavy (non-hydrogen) atoms. The summed E-state index contributed by atoms with van der Waals surface area (Å²) in [4.78, 5) is 38.4. The van der Waals surface area contributed by atoms with Gasteiger partial charge in [0.2, 0.25) is 0 Å². The Bertz CT molecular complexity index is 445. The van der Waals surface area contributed by atoms with Gasteiger partial charge in [-0.05, 0) is 26.3 Å². The van der Waals surface area contributed by atoms with Gasteiger partial charge in [-0.1, -0.05) is 0 Å². The highest BCUT2D eigenvalue weighted by Crippen LogP contribution is 2.54. The molecule has 0 aromatic rings. The van der Waals surface area contributed by atoms with E-state index in [1.165, 1.54) is 6.92 Å². The van der Waals surface area contributed by atoms with E-state index in [4.69, 9.17) is 24.0 Å². The van der Waals surface area contributed by atoms with Crippen molar-refractivity contribution < 1.29 is 28.8 Å². The normalized spacial score (nSPS) is 25.0. The van der Waals surface area contributed by atoms with E-state index < -0.39 is 19.1 Å². The van der Waals surface area contributed by atoms with Gasteiger partial charge in [-0.15, -0.1) is 0 Å². The number of carbonyl (C=O) groups is 1. The Balaban J connectivity index is 1.71. The Kier molecular flexibility index (Phi) is 3.57. The fourth-order valence-corrected chi connectivity index (χ4v) is 6.83. The zero-order chi connectivity index (χ0) is 15.1. The van der Waals surface area contributed by atoms with Crippen LogP contribution in [0.15, 0.2) is 4.99 Å². The summed E-state index contributed by atoms with van der Waals surface area (Å²) in [6, 6.07) is 0.629. The third-order valence-corrected chi connectivity index (χ3v) is 9.15. The molecular formula is C12H20N2O6Si. The summed E-state index contributed by atoms with van der Waals surface area (Å²) in [6.45, 7) is 7.53. The van der Waals surface area contributed by atoms with Crippen molar-refractivity contribution in [2.75, 3.05) is 19.6 Å². The molecule has 0 spiro atoms. The van der Waals surface area contributed by atoms with Crippen molar-refractivity contribution in [1.29, 1.82) is 0 Å². The van der Waals surface area contributed by atoms with Gasteiger partial charge in [0.05, 0.1) is 12.9 Å². The predicted octanol–water partition coefficient (Wildman–Crippen LogP) is 0.663. The lowest BCUT2D eigenvalue weighted by molar-refractivity contribution is -0.133. The molecule has 0 bridgehead atoms. The number of carbonyl (C=O) groups excluding carboxylic acids is 1. The Morgan fingerprint density at radius 3 is 2.38 bits per heavy atom. The standard InChI is InChI=1S/C12H20N2O6Si/c1-10(15)16-21(11(2)17-18-11,12(3)19-20-12)8-4-6-14-7-5-13-9-14/h9H,4-8H2,1-3H3. The monoisotopic (exact) mass is 316 g/mol. The van der Waals surface area contributed by atoms with E-state index in [0.29, 0.717) is 6.04 Å². The van der Waals surface area contributed by atoms with Crippen LogP contribution in [0.25, 0.3) is 0 Å². The van der Waals surface area contributed by atoms with Crippen molar-refractivity contribution in [1.82, 2.24) is 4.90 Å². The van der Waals surface area contributed by atoms with Crippen LogP contribution in [0.2, 0.25) is 6.04 Å². The van der Waals surface area contributed by atoms with Crippen molar-refractivity contribution in [2.24, 2.45) is 4.99 Å². The van der Waals surface area contributed by atoms with Crippen LogP contribution in [-0.2, 0) is 28.8 Å². The van der Waals surface area contributed by atoms with Crippen molar-refractivity contribution in [2.45, 2.75) is 44.1 Å². The molecule has 0 aliphatic carbocycles. The summed E-state index contributed by atoms with van der Waals surface area (Å²) in [5.74, 6) is -0.370. The number of aliphatic imine (C=N–C) groups is 1. The second-order valence-corrected chi connectivity index (χ2v) is 9.98. The van der Waals surface area contributed by atoms with Gasteiger partial charge in [-0.2, -0.15) is 19.6 Å². The summed E-state index contributed by atoms with van der Waals surface area (Å²) >= 11 is 0. The minimum atomic E-state index is -2.92. The smallest absolute Gasteiger partial charge is 0.390 e. The average Bonchev–Trinajstić information content (AvgIpc) is 3.29. The second-order valence-electron chi connectivity index (χ2n) is 5.81. The summed E-state index contributed by atoms with van der Waals surface area (Å²) in [6.07, 6.45) is 2.67. The van der Waals surface area contributed by atoms with Gasteiger partial charge in [0.25, 0.3) is 16.8 Å². The van der Waals surface area contributed by atoms with E-state index >= 15 is 0 Å². The van der Waals surface area contributed by atoms with Crippen LogP contribution in [0.3, 0.4) is 0 Å². The van der Waals surface area contributed by atoms with Crippen LogP contribution >= 0.6 is 0 Å². The first-order chi connectivity index (χ1) is 9.91. The van der Waals surface area contributed by atoms with E-state index in [2.05, 4.69) is 9.89 Å². The minimum Gasteiger partial charge on any atom is -0.507 e. The Morgan fingerprint density at radius 1 is 1.33 bits per heavy atom. The Morgan fingerprint density at radius 2 is 1.95 bits per heavy atom. The van der Waals surface area contributed by atoms with Crippen molar-refractivity contribution in [3.8, 4) is 0 Å². The largest absolute Gasteiger partial charge is 0.507 e. The average molecular weight is 316 g/mol. The fraction of sp³-hybridized carbons (Fsp3) is 0.833. The number of hydrogen-bond acceptors (Lipinski definition) is 8. The molecule has 0 atom stereocenters. The van der Waals surface area contributed by atoms with E-state index in [-0.39, 0.29) is 5.97 Å². The first-order valence-electron chi connectivity index (χ1n) is 7.08. The van der Waals surface area contributed by atoms with Gasteiger partial charge >= 0.3 is 8.32 Å². The quantitative estimate of drug-likeness (QED) is 0.387. The van der Waals surface area contributed by atoms with Gasteiger partial charge < -0.3 is 9.33 Å². The molecule has 0 saturated carbocycles. The molecule has 2 saturated heterocycles. The predicted molar refractivity (Wildman–Crippen MR) is 73.0 cm³/mol. The van der Waals surface area contributed by atoms with Crippen molar-refractivity contribution >= 4 is 20.6 Å². The summed E-state index contributed by atoms with van der Waals surface area (Å²) in [5, 5.41) is 0. The lowest BCUT2D eigenvalue weighted by atomic mass is 10.4. The van der Waals surface area contributed by atoms with Gasteiger partial charge in [0, 0.05) is 20.0 Å². The SMILES string of the molecule is CC(=O)O[Si](CCCN1C=NCC1)(C1(C)OO1)C1(C)OO1. The summed E-state index contributed by atoms with van der Waals surface area (Å²) in [5.41, 5.74) is -1.83. The van der Waals surface area contributed by atoms with Crippen LogP contribution < -0.4 is 0 Å². The van der Waals surface area contributed by atoms with Crippen molar-refractivity contribution in [3.63, 3.8) is 0 Å². The molecule has 3 aliphatic heterocycles. The molecule has 3 heterocycles. The van der Waals surface area contributed by atoms with Gasteiger partial charge in [-0.25, -0.2) is 0 Å². The fourth-order valence-electron chi connectivity index (χ4n) is 2.86. The lowest BCUT2D eigenvalue weighted by Crippen LogP contribution is -2.63. The zero-order valence-electron chi connectivity index (χ0n) is 12.5. The molecule has 0 amide bonds. The number of hydrogen-bond donors (Lipinski definition) is 0. The number of rotatable bonds is 7. The molecule has 0 radical (unpaired) electrons. The molecule has 9 heteroatoms. The van der Waals surface area contributed by atoms with Gasteiger partial charge in [-0.3, -0.25) is 9.79 Å². The van der Waals surface area contributed by atoms with Gasteiger partial charge in [0.15, 0.2) is 0 Å². The minimum absolute atomic E-state index is 0.370. The van der Waals surface area contributed by atoms with Crippen LogP contribution in [0.1, 0.15) is 27.2 Å². The first kappa shape index (κ1) is 14.9. The molecule has 3 aliphatic rings. The highest BCUT2D eigenvalue weighted by atomic mass is 28.4. The molecular weight excluding hydrogens is 296 g/mol. The maximum atomic E-state index is 11.6. The highest BCUT2D eigenvalue weighted by molar-refractivity contribution is 6.80. The molecule has 0 unspecified atom stereocenters. The summed E-state index contributed by atoms with van der Waals surface area (Å²) < 4.78 is 5.70. The van der Waals surface area contributed by atoms with Crippen LogP contribution in [0, 0.1) is 0 Å². The molecule has 0 aromatic heterocycles. The second kappa shape index (κ2) is 5.02. The molecule has 8 nitrogen and oxygen atoms in total. The van der Waals surface area contributed by atoms with E-state index in [0.717, 1.165) is 26.1 Å². The van der Waals surface area contributed by atoms with Crippen LogP contribution in [0.4, 0.5) is 0 Å². The van der Waals surface area contributed by atoms with E-state index in [1.54, 1.807) is 13.8 Å². The third-order valence-electron chi connectivity index (χ3n) is 4.19. The van der Waals surface area contributed by atoms with Crippen LogP contribution in [-0.4, -0.2) is 56.0 Å². The molecule has 118 valence electrons. The maximum Gasteiger partial charge on any atom is 0.390 e. The molecule has 0 aromatic carbocycles. The number of nitrogens with zero attached hydrogens (tertiary/aromatic N) is 2. The molecule has 3 rings (SSSR count). The topological polar surface area (TPSA) is 92.0 Å². The molecule has 0 N–H and O–H groups in total. The molecule has 2 fully saturated rings. The first-order valence-corrected chi connectivity index (χ1v) is 9.20. The zero-order valence-corrected chi connectivity index (χ0v) is 13.5. The maximum absolute atomic E-state index is 11.6.